The van der Waals surface area contributed by atoms with Gasteiger partial charge in [-0.2, -0.15) is 5.10 Å². The Bertz CT molecular complexity index is 666. The van der Waals surface area contributed by atoms with E-state index >= 15 is 0 Å². The second-order valence-corrected chi connectivity index (χ2v) is 6.49. The second kappa shape index (κ2) is 6.56. The minimum atomic E-state index is -0.186. The zero-order valence-electron chi connectivity index (χ0n) is 13.5. The van der Waals surface area contributed by atoms with Gasteiger partial charge in [-0.1, -0.05) is 26.8 Å². The SMILES string of the molecule is Cn1nc(CC(C)(C)C)cc1NC(=O)C=Cc1cccnc1. The van der Waals surface area contributed by atoms with Gasteiger partial charge in [-0.15, -0.1) is 0 Å². The van der Waals surface area contributed by atoms with Crippen LogP contribution in [0.3, 0.4) is 0 Å². The van der Waals surface area contributed by atoms with Crippen molar-refractivity contribution in [3.05, 3.63) is 47.9 Å². The summed E-state index contributed by atoms with van der Waals surface area (Å²) in [4.78, 5) is 16.0. The molecular weight excluding hydrogens is 276 g/mol. The Labute approximate surface area is 131 Å². The normalized spacial score (nSPS) is 11.8. The molecule has 0 fully saturated rings. The van der Waals surface area contributed by atoms with Crippen LogP contribution in [0.5, 0.6) is 0 Å². The third-order valence-corrected chi connectivity index (χ3v) is 3.00. The fourth-order valence-electron chi connectivity index (χ4n) is 2.09. The molecule has 0 spiro atoms. The van der Waals surface area contributed by atoms with Gasteiger partial charge in [0.2, 0.25) is 5.91 Å². The predicted octanol–water partition coefficient (Wildman–Crippen LogP) is 3.06. The molecule has 0 aliphatic heterocycles. The molecule has 2 heterocycles. The number of carbonyl (C=O) groups is 1. The Morgan fingerprint density at radius 1 is 1.41 bits per heavy atom. The van der Waals surface area contributed by atoms with Crippen LogP contribution in [0, 0.1) is 5.41 Å². The van der Waals surface area contributed by atoms with Gasteiger partial charge in [0.05, 0.1) is 5.69 Å². The van der Waals surface area contributed by atoms with Gasteiger partial charge in [-0.25, -0.2) is 0 Å². The lowest BCUT2D eigenvalue weighted by Crippen LogP contribution is -2.11. The number of aromatic nitrogens is 3. The molecule has 0 unspecified atom stereocenters. The minimum absolute atomic E-state index is 0.163. The first-order valence-electron chi connectivity index (χ1n) is 7.25. The number of anilines is 1. The van der Waals surface area contributed by atoms with Crippen molar-refractivity contribution < 1.29 is 4.79 Å². The van der Waals surface area contributed by atoms with E-state index in [-0.39, 0.29) is 11.3 Å². The number of carbonyl (C=O) groups excluding carboxylic acids is 1. The molecule has 116 valence electrons. The van der Waals surface area contributed by atoms with Crippen molar-refractivity contribution in [1.29, 1.82) is 0 Å². The number of aryl methyl sites for hydroxylation is 1. The average Bonchev–Trinajstić information content (AvgIpc) is 2.75. The summed E-state index contributed by atoms with van der Waals surface area (Å²) >= 11 is 0. The molecule has 0 aromatic carbocycles. The first kappa shape index (κ1) is 15.9. The number of nitrogens with zero attached hydrogens (tertiary/aromatic N) is 3. The van der Waals surface area contributed by atoms with E-state index in [9.17, 15) is 4.79 Å². The molecule has 0 saturated carbocycles. The van der Waals surface area contributed by atoms with E-state index in [1.165, 1.54) is 6.08 Å². The van der Waals surface area contributed by atoms with Crippen LogP contribution in [0.4, 0.5) is 5.82 Å². The molecule has 0 saturated heterocycles. The van der Waals surface area contributed by atoms with Crippen molar-refractivity contribution in [2.24, 2.45) is 12.5 Å². The van der Waals surface area contributed by atoms with Crippen LogP contribution >= 0.6 is 0 Å². The van der Waals surface area contributed by atoms with Gasteiger partial charge in [0.15, 0.2) is 0 Å². The topological polar surface area (TPSA) is 59.8 Å². The van der Waals surface area contributed by atoms with Crippen molar-refractivity contribution in [2.75, 3.05) is 5.32 Å². The van der Waals surface area contributed by atoms with Crippen LogP contribution in [0.25, 0.3) is 6.08 Å². The van der Waals surface area contributed by atoms with Gasteiger partial charge in [0.25, 0.3) is 0 Å². The molecule has 2 aromatic heterocycles. The van der Waals surface area contributed by atoms with Crippen molar-refractivity contribution in [3.63, 3.8) is 0 Å². The maximum absolute atomic E-state index is 12.0. The maximum atomic E-state index is 12.0. The van der Waals surface area contributed by atoms with E-state index in [1.807, 2.05) is 25.2 Å². The maximum Gasteiger partial charge on any atom is 0.249 e. The average molecular weight is 298 g/mol. The lowest BCUT2D eigenvalue weighted by atomic mass is 9.91. The zero-order chi connectivity index (χ0) is 16.2. The Morgan fingerprint density at radius 3 is 2.82 bits per heavy atom. The number of hydrogen-bond acceptors (Lipinski definition) is 3. The van der Waals surface area contributed by atoms with E-state index < -0.39 is 0 Å². The molecular formula is C17H22N4O. The van der Waals surface area contributed by atoms with Crippen LogP contribution in [-0.2, 0) is 18.3 Å². The largest absolute Gasteiger partial charge is 0.307 e. The molecule has 1 N–H and O–H groups in total. The Hall–Kier alpha value is -2.43. The highest BCUT2D eigenvalue weighted by molar-refractivity contribution is 6.01. The van der Waals surface area contributed by atoms with E-state index in [4.69, 9.17) is 0 Å². The highest BCUT2D eigenvalue weighted by atomic mass is 16.1. The van der Waals surface area contributed by atoms with Crippen LogP contribution in [0.2, 0.25) is 0 Å². The molecule has 0 radical (unpaired) electrons. The van der Waals surface area contributed by atoms with Gasteiger partial charge >= 0.3 is 0 Å². The highest BCUT2D eigenvalue weighted by Crippen LogP contribution is 2.21. The molecule has 2 aromatic rings. The van der Waals surface area contributed by atoms with Crippen LogP contribution in [0.1, 0.15) is 32.0 Å². The molecule has 5 heteroatoms. The summed E-state index contributed by atoms with van der Waals surface area (Å²) in [5, 5.41) is 7.28. The third-order valence-electron chi connectivity index (χ3n) is 3.00. The van der Waals surface area contributed by atoms with Crippen molar-refractivity contribution in [3.8, 4) is 0 Å². The molecule has 0 atom stereocenters. The lowest BCUT2D eigenvalue weighted by Gasteiger charge is -2.15. The van der Waals surface area contributed by atoms with Crippen LogP contribution in [0.15, 0.2) is 36.7 Å². The Balaban J connectivity index is 2.01. The monoisotopic (exact) mass is 298 g/mol. The molecule has 2 rings (SSSR count). The lowest BCUT2D eigenvalue weighted by molar-refractivity contribution is -0.111. The zero-order valence-corrected chi connectivity index (χ0v) is 13.5. The van der Waals surface area contributed by atoms with Crippen molar-refractivity contribution >= 4 is 17.8 Å². The second-order valence-electron chi connectivity index (χ2n) is 6.49. The summed E-state index contributed by atoms with van der Waals surface area (Å²) in [6.07, 6.45) is 7.49. The third kappa shape index (κ3) is 4.84. The van der Waals surface area contributed by atoms with Crippen molar-refractivity contribution in [2.45, 2.75) is 27.2 Å². The summed E-state index contributed by atoms with van der Waals surface area (Å²) in [6, 6.07) is 5.64. The summed E-state index contributed by atoms with van der Waals surface area (Å²) < 4.78 is 1.69. The Kier molecular flexibility index (Phi) is 4.75. The fourth-order valence-corrected chi connectivity index (χ4v) is 2.09. The molecule has 22 heavy (non-hydrogen) atoms. The Morgan fingerprint density at radius 2 is 2.18 bits per heavy atom. The van der Waals surface area contributed by atoms with E-state index in [1.54, 1.807) is 23.2 Å². The van der Waals surface area contributed by atoms with E-state index in [2.05, 4.69) is 36.2 Å². The summed E-state index contributed by atoms with van der Waals surface area (Å²) in [6.45, 7) is 6.49. The number of nitrogens with one attached hydrogen (secondary N) is 1. The molecule has 1 amide bonds. The summed E-state index contributed by atoms with van der Waals surface area (Å²) in [5.41, 5.74) is 2.02. The first-order chi connectivity index (χ1) is 10.3. The van der Waals surface area contributed by atoms with Crippen LogP contribution < -0.4 is 5.32 Å². The van der Waals surface area contributed by atoms with E-state index in [0.717, 1.165) is 17.7 Å². The number of rotatable bonds is 4. The molecule has 5 nitrogen and oxygen atoms in total. The summed E-state index contributed by atoms with van der Waals surface area (Å²) in [7, 11) is 1.83. The summed E-state index contributed by atoms with van der Waals surface area (Å²) in [5.74, 6) is 0.509. The van der Waals surface area contributed by atoms with Gasteiger partial charge in [-0.05, 0) is 29.5 Å². The first-order valence-corrected chi connectivity index (χ1v) is 7.25. The standard InChI is InChI=1S/C17H22N4O/c1-17(2,3)11-14-10-15(21(4)20-14)19-16(22)8-7-13-6-5-9-18-12-13/h5-10,12H,11H2,1-4H3,(H,19,22). The van der Waals surface area contributed by atoms with Crippen molar-refractivity contribution in [1.82, 2.24) is 14.8 Å². The van der Waals surface area contributed by atoms with E-state index in [0.29, 0.717) is 5.82 Å². The fraction of sp³-hybridized carbons (Fsp3) is 0.353. The van der Waals surface area contributed by atoms with Gasteiger partial charge in [0, 0.05) is 31.6 Å². The quantitative estimate of drug-likeness (QED) is 0.883. The van der Waals surface area contributed by atoms with Gasteiger partial charge in [0.1, 0.15) is 5.82 Å². The number of pyridine rings is 1. The predicted molar refractivity (Wildman–Crippen MR) is 88.3 cm³/mol. The van der Waals surface area contributed by atoms with Gasteiger partial charge < -0.3 is 5.32 Å². The molecule has 0 bridgehead atoms. The highest BCUT2D eigenvalue weighted by Gasteiger charge is 2.15. The van der Waals surface area contributed by atoms with Crippen LogP contribution in [-0.4, -0.2) is 20.7 Å². The number of amides is 1. The minimum Gasteiger partial charge on any atom is -0.307 e. The molecule has 0 aliphatic carbocycles. The number of hydrogen-bond donors (Lipinski definition) is 1. The van der Waals surface area contributed by atoms with Gasteiger partial charge in [-0.3, -0.25) is 14.5 Å². The smallest absolute Gasteiger partial charge is 0.249 e. The molecule has 0 aliphatic rings.